The van der Waals surface area contributed by atoms with Crippen LogP contribution in [-0.4, -0.2) is 43.0 Å². The molecule has 0 bridgehead atoms. The standard InChI is InChI=1S/C15H18N2O3/c1-3-9-16-15(19)14-13(11-7-5-4-6-8-11)17(2)12(18)10-20-14/h3-8,13-14H,1,9-10H2,2H3,(H,16,19)/t13-,14-/m1/s1. The summed E-state index contributed by atoms with van der Waals surface area (Å²) in [6.45, 7) is 3.86. The zero-order valence-electron chi connectivity index (χ0n) is 11.4. The maximum Gasteiger partial charge on any atom is 0.251 e. The Labute approximate surface area is 118 Å². The van der Waals surface area contributed by atoms with E-state index in [-0.39, 0.29) is 18.4 Å². The van der Waals surface area contributed by atoms with Crippen LogP contribution in [0.1, 0.15) is 11.6 Å². The number of likely N-dealkylation sites (N-methyl/N-ethyl adjacent to an activating group) is 1. The van der Waals surface area contributed by atoms with Crippen LogP contribution in [0, 0.1) is 0 Å². The van der Waals surface area contributed by atoms with E-state index in [0.717, 1.165) is 5.56 Å². The normalized spacial score (nSPS) is 22.4. The SMILES string of the molecule is C=CCNC(=O)[C@@H]1OCC(=O)N(C)[C@@H]1c1ccccc1. The van der Waals surface area contributed by atoms with Crippen molar-refractivity contribution in [3.63, 3.8) is 0 Å². The maximum atomic E-state index is 12.2. The number of nitrogens with one attached hydrogen (secondary N) is 1. The highest BCUT2D eigenvalue weighted by Crippen LogP contribution is 2.28. The monoisotopic (exact) mass is 274 g/mol. The predicted octanol–water partition coefficient (Wildman–Crippen LogP) is 0.887. The molecule has 2 amide bonds. The minimum atomic E-state index is -0.708. The van der Waals surface area contributed by atoms with Gasteiger partial charge in [-0.3, -0.25) is 9.59 Å². The lowest BCUT2D eigenvalue weighted by molar-refractivity contribution is -0.162. The lowest BCUT2D eigenvalue weighted by atomic mass is 9.97. The van der Waals surface area contributed by atoms with E-state index in [9.17, 15) is 9.59 Å². The third kappa shape index (κ3) is 2.88. The van der Waals surface area contributed by atoms with Crippen LogP contribution in [0.5, 0.6) is 0 Å². The van der Waals surface area contributed by atoms with Crippen LogP contribution >= 0.6 is 0 Å². The minimum Gasteiger partial charge on any atom is -0.356 e. The molecule has 5 nitrogen and oxygen atoms in total. The van der Waals surface area contributed by atoms with Crippen molar-refractivity contribution in [2.45, 2.75) is 12.1 Å². The zero-order valence-corrected chi connectivity index (χ0v) is 11.4. The fraction of sp³-hybridized carbons (Fsp3) is 0.333. The van der Waals surface area contributed by atoms with Gasteiger partial charge >= 0.3 is 0 Å². The lowest BCUT2D eigenvalue weighted by Crippen LogP contribution is -2.53. The Morgan fingerprint density at radius 2 is 2.20 bits per heavy atom. The number of amides is 2. The Balaban J connectivity index is 2.26. The molecule has 0 saturated carbocycles. The summed E-state index contributed by atoms with van der Waals surface area (Å²) in [6, 6.07) is 9.00. The predicted molar refractivity (Wildman–Crippen MR) is 74.9 cm³/mol. The van der Waals surface area contributed by atoms with E-state index >= 15 is 0 Å². The Hall–Kier alpha value is -2.14. The fourth-order valence-electron chi connectivity index (χ4n) is 2.25. The van der Waals surface area contributed by atoms with Crippen LogP contribution < -0.4 is 5.32 Å². The highest BCUT2D eigenvalue weighted by Gasteiger charge is 2.39. The van der Waals surface area contributed by atoms with Crippen LogP contribution in [0.4, 0.5) is 0 Å². The van der Waals surface area contributed by atoms with E-state index in [0.29, 0.717) is 6.54 Å². The number of hydrogen-bond donors (Lipinski definition) is 1. The summed E-state index contributed by atoms with van der Waals surface area (Å²) >= 11 is 0. The van der Waals surface area contributed by atoms with E-state index in [1.807, 2.05) is 30.3 Å². The van der Waals surface area contributed by atoms with Crippen LogP contribution in [0.25, 0.3) is 0 Å². The number of carbonyl (C=O) groups is 2. The van der Waals surface area contributed by atoms with Crippen molar-refractivity contribution >= 4 is 11.8 Å². The maximum absolute atomic E-state index is 12.2. The van der Waals surface area contributed by atoms with Crippen molar-refractivity contribution in [2.75, 3.05) is 20.2 Å². The average Bonchev–Trinajstić information content (AvgIpc) is 2.48. The number of nitrogens with zero attached hydrogens (tertiary/aromatic N) is 1. The second-order valence-electron chi connectivity index (χ2n) is 4.63. The molecule has 1 fully saturated rings. The van der Waals surface area contributed by atoms with Crippen molar-refractivity contribution in [3.05, 3.63) is 48.6 Å². The van der Waals surface area contributed by atoms with Crippen LogP contribution in [0.3, 0.4) is 0 Å². The molecule has 1 N–H and O–H groups in total. The van der Waals surface area contributed by atoms with E-state index in [1.165, 1.54) is 0 Å². The molecule has 1 heterocycles. The Morgan fingerprint density at radius 3 is 2.85 bits per heavy atom. The van der Waals surface area contributed by atoms with Crippen molar-refractivity contribution in [1.82, 2.24) is 10.2 Å². The van der Waals surface area contributed by atoms with Gasteiger partial charge in [0.1, 0.15) is 6.61 Å². The fourth-order valence-corrected chi connectivity index (χ4v) is 2.25. The molecular weight excluding hydrogens is 256 g/mol. The minimum absolute atomic E-state index is 0.0774. The summed E-state index contributed by atoms with van der Waals surface area (Å²) < 4.78 is 5.45. The van der Waals surface area contributed by atoms with Gasteiger partial charge in [0, 0.05) is 13.6 Å². The van der Waals surface area contributed by atoms with Gasteiger partial charge in [0.2, 0.25) is 5.91 Å². The summed E-state index contributed by atoms with van der Waals surface area (Å²) in [5.41, 5.74) is 0.877. The summed E-state index contributed by atoms with van der Waals surface area (Å²) in [4.78, 5) is 25.6. The molecule has 0 aromatic heterocycles. The number of rotatable bonds is 4. The first-order valence-corrected chi connectivity index (χ1v) is 6.46. The molecule has 2 rings (SSSR count). The zero-order chi connectivity index (χ0) is 14.5. The van der Waals surface area contributed by atoms with Gasteiger partial charge < -0.3 is 15.0 Å². The molecule has 0 spiro atoms. The summed E-state index contributed by atoms with van der Waals surface area (Å²) in [6.07, 6.45) is 0.896. The first-order chi connectivity index (χ1) is 9.65. The van der Waals surface area contributed by atoms with Gasteiger partial charge in [0.25, 0.3) is 5.91 Å². The van der Waals surface area contributed by atoms with Gasteiger partial charge in [-0.25, -0.2) is 0 Å². The second-order valence-corrected chi connectivity index (χ2v) is 4.63. The molecule has 1 aliphatic rings. The van der Waals surface area contributed by atoms with Gasteiger partial charge in [-0.1, -0.05) is 36.4 Å². The number of carbonyl (C=O) groups excluding carboxylic acids is 2. The molecule has 1 aromatic rings. The second kappa shape index (κ2) is 6.34. The number of morpholine rings is 1. The molecule has 1 aliphatic heterocycles. The van der Waals surface area contributed by atoms with E-state index in [4.69, 9.17) is 4.74 Å². The first-order valence-electron chi connectivity index (χ1n) is 6.46. The molecule has 0 aliphatic carbocycles. The molecule has 0 radical (unpaired) electrons. The summed E-state index contributed by atoms with van der Waals surface area (Å²) in [5, 5.41) is 2.72. The van der Waals surface area contributed by atoms with Crippen molar-refractivity contribution in [1.29, 1.82) is 0 Å². The topological polar surface area (TPSA) is 58.6 Å². The number of ether oxygens (including phenoxy) is 1. The van der Waals surface area contributed by atoms with Gasteiger partial charge in [0.05, 0.1) is 6.04 Å². The first kappa shape index (κ1) is 14.3. The van der Waals surface area contributed by atoms with Crippen LogP contribution in [-0.2, 0) is 14.3 Å². The molecule has 1 aromatic carbocycles. The average molecular weight is 274 g/mol. The largest absolute Gasteiger partial charge is 0.356 e. The van der Waals surface area contributed by atoms with Crippen molar-refractivity contribution in [3.8, 4) is 0 Å². The van der Waals surface area contributed by atoms with Crippen LogP contribution in [0.2, 0.25) is 0 Å². The Kier molecular flexibility index (Phi) is 4.53. The lowest BCUT2D eigenvalue weighted by Gasteiger charge is -2.38. The van der Waals surface area contributed by atoms with Gasteiger partial charge in [0.15, 0.2) is 6.10 Å². The van der Waals surface area contributed by atoms with Gasteiger partial charge in [-0.2, -0.15) is 0 Å². The highest BCUT2D eigenvalue weighted by molar-refractivity contribution is 5.86. The third-order valence-electron chi connectivity index (χ3n) is 3.30. The number of benzene rings is 1. The highest BCUT2D eigenvalue weighted by atomic mass is 16.5. The molecule has 1 saturated heterocycles. The van der Waals surface area contributed by atoms with E-state index in [1.54, 1.807) is 18.0 Å². The molecule has 5 heteroatoms. The molecule has 0 unspecified atom stereocenters. The molecule has 2 atom stereocenters. The quantitative estimate of drug-likeness (QED) is 0.829. The summed E-state index contributed by atoms with van der Waals surface area (Å²) in [7, 11) is 1.69. The Morgan fingerprint density at radius 1 is 1.50 bits per heavy atom. The number of hydrogen-bond acceptors (Lipinski definition) is 3. The van der Waals surface area contributed by atoms with Crippen LogP contribution in [0.15, 0.2) is 43.0 Å². The van der Waals surface area contributed by atoms with Crippen molar-refractivity contribution < 1.29 is 14.3 Å². The van der Waals surface area contributed by atoms with Crippen molar-refractivity contribution in [2.24, 2.45) is 0 Å². The smallest absolute Gasteiger partial charge is 0.251 e. The molecule has 20 heavy (non-hydrogen) atoms. The molecule has 106 valence electrons. The van der Waals surface area contributed by atoms with Gasteiger partial charge in [-0.15, -0.1) is 6.58 Å². The molecular formula is C15H18N2O3. The van der Waals surface area contributed by atoms with Gasteiger partial charge in [-0.05, 0) is 5.56 Å². The summed E-state index contributed by atoms with van der Waals surface area (Å²) in [5.74, 6) is -0.371. The Bertz CT molecular complexity index is 501. The van der Waals surface area contributed by atoms with E-state index in [2.05, 4.69) is 11.9 Å². The van der Waals surface area contributed by atoms with E-state index < -0.39 is 12.1 Å². The third-order valence-corrected chi connectivity index (χ3v) is 3.30.